The first-order valence-corrected chi connectivity index (χ1v) is 9.58. The Morgan fingerprint density at radius 1 is 1.04 bits per heavy atom. The van der Waals surface area contributed by atoms with Crippen LogP contribution in [0.25, 0.3) is 11.1 Å². The fourth-order valence-corrected chi connectivity index (χ4v) is 4.08. The first kappa shape index (κ1) is 19.9. The molecule has 3 rings (SSSR count). The molecule has 5 nitrogen and oxygen atoms in total. The van der Waals surface area contributed by atoms with E-state index in [2.05, 4.69) is 29.6 Å². The van der Waals surface area contributed by atoms with Crippen LogP contribution in [-0.4, -0.2) is 29.8 Å². The van der Waals surface area contributed by atoms with E-state index in [-0.39, 0.29) is 18.4 Å². The van der Waals surface area contributed by atoms with Gasteiger partial charge in [0.1, 0.15) is 6.61 Å². The number of fused-ring (bicyclic) bond motifs is 3. The molecule has 0 saturated carbocycles. The fourth-order valence-electron chi connectivity index (χ4n) is 4.08. The van der Waals surface area contributed by atoms with Crippen LogP contribution in [0.4, 0.5) is 4.79 Å². The van der Waals surface area contributed by atoms with Gasteiger partial charge in [0.05, 0.1) is 11.5 Å². The Hall–Kier alpha value is -2.82. The highest BCUT2D eigenvalue weighted by Crippen LogP contribution is 2.44. The number of carboxylic acids is 1. The molecule has 0 heterocycles. The summed E-state index contributed by atoms with van der Waals surface area (Å²) in [5.74, 6) is -1.03. The van der Waals surface area contributed by atoms with Gasteiger partial charge in [-0.05, 0) is 42.0 Å². The molecule has 28 heavy (non-hydrogen) atoms. The maximum absolute atomic E-state index is 12.5. The molecule has 0 fully saturated rings. The largest absolute Gasteiger partial charge is 0.481 e. The molecule has 0 radical (unpaired) electrons. The van der Waals surface area contributed by atoms with Crippen LogP contribution in [0.15, 0.2) is 48.5 Å². The first-order chi connectivity index (χ1) is 13.2. The number of rotatable bonds is 6. The number of amides is 1. The second-order valence-electron chi connectivity index (χ2n) is 8.22. The van der Waals surface area contributed by atoms with Crippen LogP contribution < -0.4 is 5.32 Å². The lowest BCUT2D eigenvalue weighted by molar-refractivity contribution is -0.149. The van der Waals surface area contributed by atoms with Crippen LogP contribution in [0.3, 0.4) is 0 Å². The van der Waals surface area contributed by atoms with Crippen molar-refractivity contribution < 1.29 is 19.4 Å². The Balaban J connectivity index is 1.74. The van der Waals surface area contributed by atoms with Gasteiger partial charge in [0.15, 0.2) is 0 Å². The summed E-state index contributed by atoms with van der Waals surface area (Å²) in [5.41, 5.74) is 3.52. The molecule has 2 aromatic carbocycles. The predicted molar refractivity (Wildman–Crippen MR) is 108 cm³/mol. The third-order valence-electron chi connectivity index (χ3n) is 5.61. The zero-order chi connectivity index (χ0) is 20.5. The number of aliphatic carboxylic acids is 1. The molecule has 1 unspecified atom stereocenters. The van der Waals surface area contributed by atoms with Gasteiger partial charge < -0.3 is 15.2 Å². The number of ether oxygens (including phenoxy) is 1. The minimum Gasteiger partial charge on any atom is -0.481 e. The van der Waals surface area contributed by atoms with Crippen molar-refractivity contribution in [1.29, 1.82) is 0 Å². The van der Waals surface area contributed by atoms with Gasteiger partial charge in [-0.25, -0.2) is 4.79 Å². The second-order valence-corrected chi connectivity index (χ2v) is 8.22. The number of benzene rings is 2. The van der Waals surface area contributed by atoms with Gasteiger partial charge in [0.2, 0.25) is 0 Å². The van der Waals surface area contributed by atoms with Crippen molar-refractivity contribution in [3.63, 3.8) is 0 Å². The summed E-state index contributed by atoms with van der Waals surface area (Å²) in [6, 6.07) is 15.7. The molecule has 0 aliphatic heterocycles. The minimum atomic E-state index is -1.10. The van der Waals surface area contributed by atoms with Gasteiger partial charge in [-0.3, -0.25) is 4.79 Å². The van der Waals surface area contributed by atoms with Crippen molar-refractivity contribution >= 4 is 12.1 Å². The molecule has 0 saturated heterocycles. The summed E-state index contributed by atoms with van der Waals surface area (Å²) in [6.07, 6.45) is -0.588. The van der Waals surface area contributed by atoms with E-state index in [9.17, 15) is 14.7 Å². The number of alkyl carbamates (subject to hydrolysis) is 1. The van der Waals surface area contributed by atoms with Crippen molar-refractivity contribution in [3.8, 4) is 11.1 Å². The predicted octanol–water partition coefficient (Wildman–Crippen LogP) is 4.66. The third-order valence-corrected chi connectivity index (χ3v) is 5.61. The number of hydrogen-bond donors (Lipinski definition) is 2. The van der Waals surface area contributed by atoms with Crippen LogP contribution >= 0.6 is 0 Å². The maximum atomic E-state index is 12.5. The highest BCUT2D eigenvalue weighted by molar-refractivity contribution is 5.79. The standard InChI is InChI=1S/C23H27NO4/c1-14(2)20(23(3,4)21(25)26)24-22(27)28-13-19-17-11-7-5-9-15(17)16-10-6-8-12-18(16)19/h5-12,14,19-20H,13H2,1-4H3,(H,24,27)(H,25,26). The molecule has 1 atom stereocenters. The lowest BCUT2D eigenvalue weighted by Gasteiger charge is -2.33. The Kier molecular flexibility index (Phi) is 5.45. The lowest BCUT2D eigenvalue weighted by Crippen LogP contribution is -2.52. The highest BCUT2D eigenvalue weighted by atomic mass is 16.5. The van der Waals surface area contributed by atoms with Gasteiger partial charge in [0.25, 0.3) is 0 Å². The second kappa shape index (κ2) is 7.66. The average molecular weight is 381 g/mol. The summed E-state index contributed by atoms with van der Waals surface area (Å²) in [5, 5.41) is 12.3. The molecule has 1 amide bonds. The monoisotopic (exact) mass is 381 g/mol. The minimum absolute atomic E-state index is 0.0249. The topological polar surface area (TPSA) is 75.6 Å². The molecule has 2 aromatic rings. The van der Waals surface area contributed by atoms with Gasteiger partial charge in [-0.2, -0.15) is 0 Å². The Morgan fingerprint density at radius 3 is 2.00 bits per heavy atom. The van der Waals surface area contributed by atoms with Crippen LogP contribution in [0.5, 0.6) is 0 Å². The van der Waals surface area contributed by atoms with Crippen LogP contribution in [0.1, 0.15) is 44.7 Å². The number of carbonyl (C=O) groups excluding carboxylic acids is 1. The van der Waals surface area contributed by atoms with E-state index < -0.39 is 23.5 Å². The van der Waals surface area contributed by atoms with Gasteiger partial charge in [-0.1, -0.05) is 62.4 Å². The summed E-state index contributed by atoms with van der Waals surface area (Å²) < 4.78 is 5.55. The molecule has 1 aliphatic carbocycles. The van der Waals surface area contributed by atoms with E-state index in [1.54, 1.807) is 13.8 Å². The van der Waals surface area contributed by atoms with Crippen LogP contribution in [-0.2, 0) is 9.53 Å². The zero-order valence-corrected chi connectivity index (χ0v) is 16.7. The van der Waals surface area contributed by atoms with E-state index in [4.69, 9.17) is 4.74 Å². The number of carboxylic acid groups (broad SMARTS) is 1. The van der Waals surface area contributed by atoms with Crippen LogP contribution in [0.2, 0.25) is 0 Å². The van der Waals surface area contributed by atoms with Crippen molar-refractivity contribution in [2.45, 2.75) is 39.7 Å². The normalized spacial score (nSPS) is 14.3. The van der Waals surface area contributed by atoms with E-state index in [0.29, 0.717) is 0 Å². The maximum Gasteiger partial charge on any atom is 0.407 e. The molecule has 148 valence electrons. The van der Waals surface area contributed by atoms with E-state index in [0.717, 1.165) is 11.1 Å². The quantitative estimate of drug-likeness (QED) is 0.763. The lowest BCUT2D eigenvalue weighted by atomic mass is 9.78. The van der Waals surface area contributed by atoms with Crippen LogP contribution in [0, 0.1) is 11.3 Å². The SMILES string of the molecule is CC(C)C(NC(=O)OCC1c2ccccc2-c2ccccc21)C(C)(C)C(=O)O. The summed E-state index contributed by atoms with van der Waals surface area (Å²) >= 11 is 0. The Labute approximate surface area is 165 Å². The van der Waals surface area contributed by atoms with Gasteiger partial charge in [-0.15, -0.1) is 0 Å². The first-order valence-electron chi connectivity index (χ1n) is 9.58. The van der Waals surface area contributed by atoms with Crippen molar-refractivity contribution in [1.82, 2.24) is 5.32 Å². The van der Waals surface area contributed by atoms with Crippen molar-refractivity contribution in [3.05, 3.63) is 59.7 Å². The Bertz CT molecular complexity index is 842. The molecular formula is C23H27NO4. The highest BCUT2D eigenvalue weighted by Gasteiger charge is 2.40. The third kappa shape index (κ3) is 3.61. The number of nitrogens with one attached hydrogen (secondary N) is 1. The molecule has 0 aromatic heterocycles. The molecule has 2 N–H and O–H groups in total. The van der Waals surface area contributed by atoms with E-state index in [1.807, 2.05) is 38.1 Å². The van der Waals surface area contributed by atoms with Crippen molar-refractivity contribution in [2.24, 2.45) is 11.3 Å². The summed E-state index contributed by atoms with van der Waals surface area (Å²) in [7, 11) is 0. The smallest absolute Gasteiger partial charge is 0.407 e. The zero-order valence-electron chi connectivity index (χ0n) is 16.7. The summed E-state index contributed by atoms with van der Waals surface area (Å²) in [6.45, 7) is 7.21. The molecule has 5 heteroatoms. The molecule has 0 spiro atoms. The fraction of sp³-hybridized carbons (Fsp3) is 0.391. The molecule has 0 bridgehead atoms. The number of carbonyl (C=O) groups is 2. The Morgan fingerprint density at radius 2 is 1.54 bits per heavy atom. The van der Waals surface area contributed by atoms with E-state index in [1.165, 1.54) is 11.1 Å². The summed E-state index contributed by atoms with van der Waals surface area (Å²) in [4.78, 5) is 24.1. The average Bonchev–Trinajstić information content (AvgIpc) is 2.98. The number of hydrogen-bond acceptors (Lipinski definition) is 3. The van der Waals surface area contributed by atoms with E-state index >= 15 is 0 Å². The van der Waals surface area contributed by atoms with Gasteiger partial charge in [0, 0.05) is 5.92 Å². The van der Waals surface area contributed by atoms with Gasteiger partial charge >= 0.3 is 12.1 Å². The van der Waals surface area contributed by atoms with Crippen molar-refractivity contribution in [2.75, 3.05) is 6.61 Å². The molecular weight excluding hydrogens is 354 g/mol. The molecule has 1 aliphatic rings.